The van der Waals surface area contributed by atoms with E-state index in [4.69, 9.17) is 0 Å². The van der Waals surface area contributed by atoms with Crippen molar-refractivity contribution in [2.75, 3.05) is 5.75 Å². The Labute approximate surface area is 168 Å². The highest BCUT2D eigenvalue weighted by molar-refractivity contribution is 7.99. The third-order valence-electron chi connectivity index (χ3n) is 3.69. The molecule has 0 fully saturated rings. The number of hydrogen-bond acceptors (Lipinski definition) is 8. The van der Waals surface area contributed by atoms with E-state index in [1.807, 2.05) is 31.2 Å². The van der Waals surface area contributed by atoms with Gasteiger partial charge in [0.05, 0.1) is 16.4 Å². The number of aryl methyl sites for hydroxylation is 1. The van der Waals surface area contributed by atoms with Crippen LogP contribution < -0.4 is 10.9 Å². The van der Waals surface area contributed by atoms with Crippen LogP contribution in [-0.4, -0.2) is 42.7 Å². The first-order valence-electron chi connectivity index (χ1n) is 8.26. The van der Waals surface area contributed by atoms with Crippen LogP contribution >= 0.6 is 11.8 Å². The smallest absolute Gasteiger partial charge is 0.270 e. The van der Waals surface area contributed by atoms with E-state index >= 15 is 0 Å². The van der Waals surface area contributed by atoms with Crippen LogP contribution in [0, 0.1) is 17.0 Å². The van der Waals surface area contributed by atoms with Crippen molar-refractivity contribution >= 4 is 29.3 Å². The van der Waals surface area contributed by atoms with Gasteiger partial charge >= 0.3 is 0 Å². The Balaban J connectivity index is 1.54. The minimum atomic E-state index is -0.670. The average molecular weight is 413 g/mol. The van der Waals surface area contributed by atoms with E-state index in [1.165, 1.54) is 22.9 Å². The number of non-ortho nitro benzene ring substituents is 1. The van der Waals surface area contributed by atoms with Gasteiger partial charge in [0.1, 0.15) is 0 Å². The normalized spacial score (nSPS) is 10.4. The van der Waals surface area contributed by atoms with Crippen LogP contribution in [0.25, 0.3) is 5.69 Å². The molecule has 148 valence electrons. The zero-order valence-electron chi connectivity index (χ0n) is 15.1. The number of benzene rings is 2. The average Bonchev–Trinajstić information content (AvgIpc) is 3.19. The molecule has 0 aliphatic heterocycles. The molecule has 2 amide bonds. The first-order chi connectivity index (χ1) is 13.9. The van der Waals surface area contributed by atoms with Crippen molar-refractivity contribution in [2.24, 2.45) is 0 Å². The largest absolute Gasteiger partial charge is 0.272 e. The molecule has 12 heteroatoms. The topological polar surface area (TPSA) is 145 Å². The minimum Gasteiger partial charge on any atom is -0.272 e. The van der Waals surface area contributed by atoms with Gasteiger partial charge in [-0.05, 0) is 35.5 Å². The Morgan fingerprint density at radius 2 is 1.93 bits per heavy atom. The number of hydrazine groups is 1. The standard InChI is InChI=1S/C17H15N7O4S/c1-11-5-7-13(8-6-11)23-17(20-21-22-23)29-10-15(25)18-19-16(26)12-3-2-4-14(9-12)24(27)28/h2-9H,10H2,1H3,(H,18,25)(H,19,26). The van der Waals surface area contributed by atoms with Gasteiger partial charge < -0.3 is 0 Å². The third kappa shape index (κ3) is 5.13. The van der Waals surface area contributed by atoms with E-state index in [1.54, 1.807) is 0 Å². The summed E-state index contributed by atoms with van der Waals surface area (Å²) in [5.74, 6) is -1.22. The number of nitro benzene ring substituents is 1. The number of hydrogen-bond donors (Lipinski definition) is 2. The molecule has 0 saturated carbocycles. The van der Waals surface area contributed by atoms with E-state index in [2.05, 4.69) is 26.4 Å². The Kier molecular flexibility index (Phi) is 6.14. The van der Waals surface area contributed by atoms with Gasteiger partial charge in [0.25, 0.3) is 11.6 Å². The number of aromatic nitrogens is 4. The number of nitro groups is 1. The Bertz CT molecular complexity index is 1050. The fraction of sp³-hybridized carbons (Fsp3) is 0.118. The monoisotopic (exact) mass is 413 g/mol. The lowest BCUT2D eigenvalue weighted by molar-refractivity contribution is -0.384. The fourth-order valence-corrected chi connectivity index (χ4v) is 2.93. The van der Waals surface area contributed by atoms with Gasteiger partial charge in [0, 0.05) is 17.7 Å². The summed E-state index contributed by atoms with van der Waals surface area (Å²) >= 11 is 1.09. The Morgan fingerprint density at radius 3 is 2.66 bits per heavy atom. The maximum absolute atomic E-state index is 12.0. The molecule has 2 aromatic carbocycles. The highest BCUT2D eigenvalue weighted by atomic mass is 32.2. The van der Waals surface area contributed by atoms with Crippen LogP contribution in [0.4, 0.5) is 5.69 Å². The van der Waals surface area contributed by atoms with E-state index in [9.17, 15) is 19.7 Å². The minimum absolute atomic E-state index is 0.0514. The maximum Gasteiger partial charge on any atom is 0.270 e. The molecule has 3 aromatic rings. The third-order valence-corrected chi connectivity index (χ3v) is 4.61. The fourth-order valence-electron chi connectivity index (χ4n) is 2.24. The summed E-state index contributed by atoms with van der Waals surface area (Å²) in [6, 6.07) is 12.7. The van der Waals surface area contributed by atoms with Gasteiger partial charge in [-0.1, -0.05) is 35.5 Å². The van der Waals surface area contributed by atoms with Gasteiger partial charge in [-0.2, -0.15) is 4.68 Å². The molecule has 0 spiro atoms. The highest BCUT2D eigenvalue weighted by Crippen LogP contribution is 2.18. The van der Waals surface area contributed by atoms with E-state index in [0.29, 0.717) is 5.16 Å². The number of nitrogens with one attached hydrogen (secondary N) is 2. The van der Waals surface area contributed by atoms with Crippen molar-refractivity contribution in [3.63, 3.8) is 0 Å². The first kappa shape index (κ1) is 19.9. The SMILES string of the molecule is Cc1ccc(-n2nnnc2SCC(=O)NNC(=O)c2cccc([N+](=O)[O-])c2)cc1. The van der Waals surface area contributed by atoms with Gasteiger partial charge in [0.15, 0.2) is 0 Å². The first-order valence-corrected chi connectivity index (χ1v) is 9.24. The lowest BCUT2D eigenvalue weighted by atomic mass is 10.2. The van der Waals surface area contributed by atoms with Crippen molar-refractivity contribution in [1.82, 2.24) is 31.1 Å². The molecule has 29 heavy (non-hydrogen) atoms. The Morgan fingerprint density at radius 1 is 1.17 bits per heavy atom. The summed E-state index contributed by atoms with van der Waals surface area (Å²) < 4.78 is 1.50. The van der Waals surface area contributed by atoms with Crippen LogP contribution in [0.2, 0.25) is 0 Å². The molecule has 1 heterocycles. The van der Waals surface area contributed by atoms with E-state index in [-0.39, 0.29) is 17.0 Å². The van der Waals surface area contributed by atoms with Gasteiger partial charge in [-0.25, -0.2) is 0 Å². The summed E-state index contributed by atoms with van der Waals surface area (Å²) in [5, 5.41) is 22.6. The molecule has 3 rings (SSSR count). The second-order valence-corrected chi connectivity index (χ2v) is 6.75. The Hall–Kier alpha value is -3.80. The van der Waals surface area contributed by atoms with Crippen molar-refractivity contribution < 1.29 is 14.5 Å². The number of nitrogens with zero attached hydrogens (tertiary/aromatic N) is 5. The number of amides is 2. The second-order valence-electron chi connectivity index (χ2n) is 5.81. The summed E-state index contributed by atoms with van der Waals surface area (Å²) in [7, 11) is 0. The lowest BCUT2D eigenvalue weighted by Gasteiger charge is -2.07. The molecule has 0 atom stereocenters. The predicted octanol–water partition coefficient (Wildman–Crippen LogP) is 1.43. The van der Waals surface area contributed by atoms with Gasteiger partial charge in [0.2, 0.25) is 11.1 Å². The zero-order chi connectivity index (χ0) is 20.8. The summed E-state index contributed by atoms with van der Waals surface area (Å²) in [4.78, 5) is 34.2. The second kappa shape index (κ2) is 8.93. The summed E-state index contributed by atoms with van der Waals surface area (Å²) in [6.45, 7) is 1.96. The molecule has 0 bridgehead atoms. The summed E-state index contributed by atoms with van der Waals surface area (Å²) in [6.07, 6.45) is 0. The molecule has 0 aliphatic rings. The van der Waals surface area contributed by atoms with Crippen LogP contribution in [0.5, 0.6) is 0 Å². The zero-order valence-corrected chi connectivity index (χ0v) is 15.9. The van der Waals surface area contributed by atoms with Crippen LogP contribution in [-0.2, 0) is 4.79 Å². The quantitative estimate of drug-likeness (QED) is 0.351. The van der Waals surface area contributed by atoms with E-state index < -0.39 is 16.7 Å². The van der Waals surface area contributed by atoms with Crippen molar-refractivity contribution in [3.05, 3.63) is 69.8 Å². The molecule has 0 radical (unpaired) electrons. The molecule has 0 aliphatic carbocycles. The van der Waals surface area contributed by atoms with Gasteiger partial charge in [-0.3, -0.25) is 30.6 Å². The van der Waals surface area contributed by atoms with Crippen molar-refractivity contribution in [3.8, 4) is 5.69 Å². The molecular formula is C17H15N7O4S. The van der Waals surface area contributed by atoms with Crippen LogP contribution in [0.3, 0.4) is 0 Å². The van der Waals surface area contributed by atoms with Crippen LogP contribution in [0.1, 0.15) is 15.9 Å². The number of carbonyl (C=O) groups is 2. The van der Waals surface area contributed by atoms with E-state index in [0.717, 1.165) is 29.1 Å². The number of thioether (sulfide) groups is 1. The number of carbonyl (C=O) groups excluding carboxylic acids is 2. The number of tetrazole rings is 1. The maximum atomic E-state index is 12.0. The van der Waals surface area contributed by atoms with Gasteiger partial charge in [-0.15, -0.1) is 5.10 Å². The number of rotatable bonds is 6. The predicted molar refractivity (Wildman–Crippen MR) is 103 cm³/mol. The molecular weight excluding hydrogens is 398 g/mol. The lowest BCUT2D eigenvalue weighted by Crippen LogP contribution is -2.42. The van der Waals surface area contributed by atoms with Crippen molar-refractivity contribution in [1.29, 1.82) is 0 Å². The molecule has 0 saturated heterocycles. The van der Waals surface area contributed by atoms with Crippen molar-refractivity contribution in [2.45, 2.75) is 12.1 Å². The highest BCUT2D eigenvalue weighted by Gasteiger charge is 2.14. The molecule has 11 nitrogen and oxygen atoms in total. The van der Waals surface area contributed by atoms with Crippen LogP contribution in [0.15, 0.2) is 53.7 Å². The molecule has 2 N–H and O–H groups in total. The summed E-state index contributed by atoms with van der Waals surface area (Å²) in [5.41, 5.74) is 6.14. The molecule has 1 aromatic heterocycles. The molecule has 0 unspecified atom stereocenters.